The van der Waals surface area contributed by atoms with E-state index in [1.165, 1.54) is 0 Å². The van der Waals surface area contributed by atoms with Gasteiger partial charge < -0.3 is 28.8 Å². The fourth-order valence-electron chi connectivity index (χ4n) is 5.27. The Hall–Kier alpha value is -3.01. The molecule has 4 aromatic carbocycles. The van der Waals surface area contributed by atoms with Crippen molar-refractivity contribution in [3.8, 4) is 0 Å². The van der Waals surface area contributed by atoms with Gasteiger partial charge in [0.15, 0.2) is 0 Å². The summed E-state index contributed by atoms with van der Waals surface area (Å²) in [5, 5.41) is 11.6. The molecule has 44 heavy (non-hydrogen) atoms. The van der Waals surface area contributed by atoms with Gasteiger partial charge in [-0.05, 0) is 28.0 Å². The monoisotopic (exact) mass is 614 g/mol. The summed E-state index contributed by atoms with van der Waals surface area (Å²) in [5.41, 5.74) is 3.79. The van der Waals surface area contributed by atoms with Gasteiger partial charge in [-0.25, -0.2) is 0 Å². The Morgan fingerprint density at radius 1 is 0.591 bits per heavy atom. The van der Waals surface area contributed by atoms with Crippen molar-refractivity contribution >= 4 is 11.8 Å². The minimum Gasteiger partial charge on any atom is -0.388 e. The van der Waals surface area contributed by atoms with E-state index in [9.17, 15) is 5.11 Å². The van der Waals surface area contributed by atoms with E-state index in [-0.39, 0.29) is 12.0 Å². The molecule has 0 spiro atoms. The lowest BCUT2D eigenvalue weighted by molar-refractivity contribution is -0.265. The Kier molecular flexibility index (Phi) is 12.9. The molecule has 0 radical (unpaired) electrons. The van der Waals surface area contributed by atoms with Gasteiger partial charge in [0, 0.05) is 0 Å². The summed E-state index contributed by atoms with van der Waals surface area (Å²) < 4.78 is 32.6. The van der Waals surface area contributed by atoms with Crippen LogP contribution in [0.4, 0.5) is 0 Å². The van der Waals surface area contributed by atoms with Crippen molar-refractivity contribution in [3.05, 3.63) is 144 Å². The molecule has 1 heterocycles. The lowest BCUT2D eigenvalue weighted by Gasteiger charge is -2.47. The third-order valence-electron chi connectivity index (χ3n) is 7.50. The van der Waals surface area contributed by atoms with E-state index in [2.05, 4.69) is 6.92 Å². The van der Waals surface area contributed by atoms with E-state index < -0.39 is 30.5 Å². The largest absolute Gasteiger partial charge is 0.388 e. The lowest BCUT2D eigenvalue weighted by atomic mass is 9.95. The van der Waals surface area contributed by atoms with Crippen LogP contribution in [0.5, 0.6) is 0 Å². The van der Waals surface area contributed by atoms with Crippen molar-refractivity contribution in [1.29, 1.82) is 0 Å². The standard InChI is InChI=1S/C37H42O6S/c1-2-44-37-36(42-26-31-21-13-6-14-22-31)35(41-25-30-19-11-5-12-20-30)34(40-24-29-17-9-4-10-18-29)33(43-37)32(38)27-39-23-28-15-7-3-8-16-28/h3-22,32-38H,2,23-27H2,1H3/t32-,33+,34+,35-,36-,37+/m0/s1. The third kappa shape index (κ3) is 9.49. The summed E-state index contributed by atoms with van der Waals surface area (Å²) in [6, 6.07) is 40.1. The van der Waals surface area contributed by atoms with Gasteiger partial charge in [0.25, 0.3) is 0 Å². The Balaban J connectivity index is 1.41. The fraction of sp³-hybridized carbons (Fsp3) is 0.351. The molecule has 1 fully saturated rings. The van der Waals surface area contributed by atoms with Crippen LogP contribution in [-0.4, -0.2) is 53.4 Å². The average Bonchev–Trinajstić information content (AvgIpc) is 3.08. The maximum absolute atomic E-state index is 11.6. The van der Waals surface area contributed by atoms with Crippen LogP contribution in [0.25, 0.3) is 0 Å². The highest BCUT2D eigenvalue weighted by Gasteiger charge is 2.50. The van der Waals surface area contributed by atoms with Crippen LogP contribution in [0.1, 0.15) is 29.2 Å². The molecule has 0 aromatic heterocycles. The van der Waals surface area contributed by atoms with Gasteiger partial charge in [0.05, 0.1) is 33.0 Å². The minimum atomic E-state index is -0.947. The van der Waals surface area contributed by atoms with Crippen molar-refractivity contribution in [1.82, 2.24) is 0 Å². The van der Waals surface area contributed by atoms with Gasteiger partial charge in [0.1, 0.15) is 36.0 Å². The van der Waals surface area contributed by atoms with Crippen LogP contribution in [0.15, 0.2) is 121 Å². The summed E-state index contributed by atoms with van der Waals surface area (Å²) in [7, 11) is 0. The zero-order valence-electron chi connectivity index (χ0n) is 25.2. The predicted octanol–water partition coefficient (Wildman–Crippen LogP) is 6.80. The second-order valence-electron chi connectivity index (χ2n) is 10.8. The Morgan fingerprint density at radius 3 is 1.45 bits per heavy atom. The van der Waals surface area contributed by atoms with Gasteiger partial charge in [-0.3, -0.25) is 0 Å². The van der Waals surface area contributed by atoms with Crippen LogP contribution < -0.4 is 0 Å². The first kappa shape index (κ1) is 32.4. The quantitative estimate of drug-likeness (QED) is 0.149. The van der Waals surface area contributed by atoms with Gasteiger partial charge in [0.2, 0.25) is 0 Å². The molecule has 232 valence electrons. The molecule has 1 aliphatic heterocycles. The Labute approximate surface area is 265 Å². The van der Waals surface area contributed by atoms with Crippen LogP contribution in [0.2, 0.25) is 0 Å². The molecule has 6 atom stereocenters. The molecule has 5 rings (SSSR count). The lowest BCUT2D eigenvalue weighted by Crippen LogP contribution is -2.62. The summed E-state index contributed by atoms with van der Waals surface area (Å²) in [4.78, 5) is 0. The zero-order valence-corrected chi connectivity index (χ0v) is 26.0. The molecule has 0 aliphatic carbocycles. The number of rotatable bonds is 16. The van der Waals surface area contributed by atoms with E-state index >= 15 is 0 Å². The molecule has 6 nitrogen and oxygen atoms in total. The maximum Gasteiger partial charge on any atom is 0.132 e. The van der Waals surface area contributed by atoms with Gasteiger partial charge in [-0.2, -0.15) is 0 Å². The van der Waals surface area contributed by atoms with Crippen molar-refractivity contribution in [2.75, 3.05) is 12.4 Å². The number of thioether (sulfide) groups is 1. The van der Waals surface area contributed by atoms with E-state index in [1.807, 2.05) is 121 Å². The second-order valence-corrected chi connectivity index (χ2v) is 12.2. The second kappa shape index (κ2) is 17.5. The van der Waals surface area contributed by atoms with E-state index in [1.54, 1.807) is 11.8 Å². The van der Waals surface area contributed by atoms with Crippen molar-refractivity contribution in [2.24, 2.45) is 0 Å². The topological polar surface area (TPSA) is 66.4 Å². The number of hydrogen-bond acceptors (Lipinski definition) is 7. The van der Waals surface area contributed by atoms with E-state index in [0.29, 0.717) is 26.4 Å². The van der Waals surface area contributed by atoms with Crippen LogP contribution in [0.3, 0.4) is 0 Å². The first-order valence-corrected chi connectivity index (χ1v) is 16.3. The highest BCUT2D eigenvalue weighted by Crippen LogP contribution is 2.36. The Morgan fingerprint density at radius 2 is 1.00 bits per heavy atom. The number of aliphatic hydroxyl groups is 1. The van der Waals surface area contributed by atoms with Crippen molar-refractivity contribution in [3.63, 3.8) is 0 Å². The molecule has 1 saturated heterocycles. The summed E-state index contributed by atoms with van der Waals surface area (Å²) >= 11 is 1.64. The maximum atomic E-state index is 11.6. The van der Waals surface area contributed by atoms with Crippen LogP contribution >= 0.6 is 11.8 Å². The molecule has 0 amide bonds. The van der Waals surface area contributed by atoms with Crippen molar-refractivity contribution < 1.29 is 28.8 Å². The molecule has 7 heteroatoms. The molecule has 0 bridgehead atoms. The summed E-state index contributed by atoms with van der Waals surface area (Å²) in [6.45, 7) is 3.69. The minimum absolute atomic E-state index is 0.0925. The summed E-state index contributed by atoms with van der Waals surface area (Å²) in [5.74, 6) is 0.810. The average molecular weight is 615 g/mol. The van der Waals surface area contributed by atoms with Crippen LogP contribution in [-0.2, 0) is 50.1 Å². The van der Waals surface area contributed by atoms with Gasteiger partial charge >= 0.3 is 0 Å². The molecule has 4 aromatic rings. The zero-order chi connectivity index (χ0) is 30.4. The highest BCUT2D eigenvalue weighted by molar-refractivity contribution is 7.99. The normalized spacial score (nSPS) is 22.5. The summed E-state index contributed by atoms with van der Waals surface area (Å²) in [6.07, 6.45) is -3.23. The van der Waals surface area contributed by atoms with E-state index in [0.717, 1.165) is 28.0 Å². The predicted molar refractivity (Wildman–Crippen MR) is 174 cm³/mol. The molecule has 1 N–H and O–H groups in total. The molecular weight excluding hydrogens is 572 g/mol. The third-order valence-corrected chi connectivity index (χ3v) is 8.54. The number of aliphatic hydroxyl groups excluding tert-OH is 1. The first-order valence-electron chi connectivity index (χ1n) is 15.2. The SMILES string of the molecule is CCS[C@H]1O[C@H]([C@@H](O)COCc2ccccc2)[C@@H](OCc2ccccc2)[C@H](OCc2ccccc2)[C@@H]1OCc1ccccc1. The fourth-order valence-corrected chi connectivity index (χ4v) is 6.22. The number of hydrogen-bond donors (Lipinski definition) is 1. The van der Waals surface area contributed by atoms with Crippen LogP contribution in [0, 0.1) is 0 Å². The highest BCUT2D eigenvalue weighted by atomic mass is 32.2. The smallest absolute Gasteiger partial charge is 0.132 e. The molecule has 0 unspecified atom stereocenters. The van der Waals surface area contributed by atoms with Gasteiger partial charge in [-0.1, -0.05) is 128 Å². The number of ether oxygens (including phenoxy) is 5. The van der Waals surface area contributed by atoms with E-state index in [4.69, 9.17) is 23.7 Å². The Bertz CT molecular complexity index is 1330. The number of benzene rings is 4. The molecule has 0 saturated carbocycles. The molecule has 1 aliphatic rings. The first-order chi connectivity index (χ1) is 21.7. The van der Waals surface area contributed by atoms with Gasteiger partial charge in [-0.15, -0.1) is 11.8 Å². The van der Waals surface area contributed by atoms with Crippen molar-refractivity contribution in [2.45, 2.75) is 69.3 Å². The molecular formula is C37H42O6S.